The van der Waals surface area contributed by atoms with Gasteiger partial charge < -0.3 is 9.84 Å². The second-order valence-corrected chi connectivity index (χ2v) is 5.92. The van der Waals surface area contributed by atoms with Crippen LogP contribution in [0.4, 0.5) is 0 Å². The smallest absolute Gasteiger partial charge is 0.230 e. The minimum Gasteiger partial charge on any atom is -0.339 e. The van der Waals surface area contributed by atoms with E-state index in [2.05, 4.69) is 41.3 Å². The topological polar surface area (TPSA) is 54.2 Å². The van der Waals surface area contributed by atoms with Gasteiger partial charge in [-0.15, -0.1) is 0 Å². The van der Waals surface area contributed by atoms with Crippen molar-refractivity contribution in [2.24, 2.45) is 0 Å². The molecule has 5 nitrogen and oxygen atoms in total. The van der Waals surface area contributed by atoms with Gasteiger partial charge in [-0.25, -0.2) is 0 Å². The Morgan fingerprint density at radius 3 is 3.17 bits per heavy atom. The molecular formula is C12H22N4OS. The Bertz CT molecular complexity index is 371. The van der Waals surface area contributed by atoms with Gasteiger partial charge >= 0.3 is 0 Å². The molecule has 2 unspecified atom stereocenters. The number of aromatic nitrogens is 2. The highest BCUT2D eigenvalue weighted by atomic mass is 32.2. The molecule has 1 aliphatic heterocycles. The van der Waals surface area contributed by atoms with Gasteiger partial charge in [-0.2, -0.15) is 16.7 Å². The SMILES string of the molecule is CCNCC(C)c1nc(C2CSCCN2C)no1. The molecule has 0 radical (unpaired) electrons. The molecule has 2 heterocycles. The van der Waals surface area contributed by atoms with Crippen LogP contribution in [0, 0.1) is 0 Å². The molecule has 0 spiro atoms. The summed E-state index contributed by atoms with van der Waals surface area (Å²) < 4.78 is 5.39. The highest BCUT2D eigenvalue weighted by Gasteiger charge is 2.26. The lowest BCUT2D eigenvalue weighted by molar-refractivity contribution is 0.256. The third kappa shape index (κ3) is 3.24. The molecule has 0 saturated carbocycles. The van der Waals surface area contributed by atoms with Crippen molar-refractivity contribution in [1.29, 1.82) is 0 Å². The van der Waals surface area contributed by atoms with Gasteiger partial charge in [0.2, 0.25) is 5.89 Å². The van der Waals surface area contributed by atoms with Crippen molar-refractivity contribution < 1.29 is 4.52 Å². The standard InChI is InChI=1S/C12H22N4OS/c1-4-13-7-9(2)12-14-11(15-17-12)10-8-18-6-5-16(10)3/h9-10,13H,4-8H2,1-3H3. The summed E-state index contributed by atoms with van der Waals surface area (Å²) in [6.45, 7) is 7.15. The first kappa shape index (κ1) is 13.8. The van der Waals surface area contributed by atoms with Crippen molar-refractivity contribution in [1.82, 2.24) is 20.4 Å². The normalized spacial score (nSPS) is 23.2. The summed E-state index contributed by atoms with van der Waals surface area (Å²) in [4.78, 5) is 6.87. The molecule has 2 rings (SSSR count). The molecule has 1 N–H and O–H groups in total. The molecular weight excluding hydrogens is 248 g/mol. The molecule has 2 atom stereocenters. The van der Waals surface area contributed by atoms with Crippen LogP contribution in [0.25, 0.3) is 0 Å². The molecule has 1 aromatic rings. The van der Waals surface area contributed by atoms with E-state index in [1.165, 1.54) is 5.75 Å². The molecule has 6 heteroatoms. The Labute approximate surface area is 113 Å². The van der Waals surface area contributed by atoms with Gasteiger partial charge in [0.25, 0.3) is 0 Å². The van der Waals surface area contributed by atoms with E-state index in [1.807, 2.05) is 11.8 Å². The van der Waals surface area contributed by atoms with Crippen LogP contribution in [0.15, 0.2) is 4.52 Å². The molecule has 1 aliphatic rings. The highest BCUT2D eigenvalue weighted by Crippen LogP contribution is 2.27. The third-order valence-corrected chi connectivity index (χ3v) is 4.30. The van der Waals surface area contributed by atoms with E-state index >= 15 is 0 Å². The lowest BCUT2D eigenvalue weighted by Crippen LogP contribution is -2.33. The van der Waals surface area contributed by atoms with Crippen LogP contribution in [-0.4, -0.2) is 53.2 Å². The summed E-state index contributed by atoms with van der Waals surface area (Å²) in [5.74, 6) is 4.09. The van der Waals surface area contributed by atoms with Crippen molar-refractivity contribution in [3.05, 3.63) is 11.7 Å². The molecule has 1 fully saturated rings. The Morgan fingerprint density at radius 1 is 1.61 bits per heavy atom. The predicted octanol–water partition coefficient (Wildman–Crippen LogP) is 1.50. The lowest BCUT2D eigenvalue weighted by atomic mass is 10.2. The Balaban J connectivity index is 2.00. The van der Waals surface area contributed by atoms with E-state index in [9.17, 15) is 0 Å². The molecule has 18 heavy (non-hydrogen) atoms. The molecule has 0 bridgehead atoms. The minimum absolute atomic E-state index is 0.271. The van der Waals surface area contributed by atoms with Crippen LogP contribution in [0.2, 0.25) is 0 Å². The Kier molecular flexibility index (Phi) is 5.03. The van der Waals surface area contributed by atoms with Gasteiger partial charge in [0.15, 0.2) is 5.82 Å². The predicted molar refractivity (Wildman–Crippen MR) is 74.0 cm³/mol. The van der Waals surface area contributed by atoms with Crippen LogP contribution < -0.4 is 5.32 Å². The van der Waals surface area contributed by atoms with Crippen molar-refractivity contribution in [2.45, 2.75) is 25.8 Å². The van der Waals surface area contributed by atoms with Gasteiger partial charge in [-0.1, -0.05) is 19.0 Å². The summed E-state index contributed by atoms with van der Waals surface area (Å²) in [5, 5.41) is 7.45. The molecule has 1 saturated heterocycles. The van der Waals surface area contributed by atoms with E-state index in [4.69, 9.17) is 4.52 Å². The number of hydrogen-bond donors (Lipinski definition) is 1. The Hall–Kier alpha value is -0.590. The first-order valence-corrected chi connectivity index (χ1v) is 7.70. The lowest BCUT2D eigenvalue weighted by Gasteiger charge is -2.29. The average Bonchev–Trinajstić information content (AvgIpc) is 2.86. The number of thioether (sulfide) groups is 1. The second kappa shape index (κ2) is 6.54. The summed E-state index contributed by atoms with van der Waals surface area (Å²) in [6.07, 6.45) is 0. The minimum atomic E-state index is 0.271. The highest BCUT2D eigenvalue weighted by molar-refractivity contribution is 7.99. The molecule has 0 amide bonds. The van der Waals surface area contributed by atoms with Gasteiger partial charge in [0.05, 0.1) is 6.04 Å². The fraction of sp³-hybridized carbons (Fsp3) is 0.833. The maximum atomic E-state index is 5.39. The third-order valence-electron chi connectivity index (χ3n) is 3.27. The molecule has 0 aliphatic carbocycles. The average molecular weight is 270 g/mol. The number of rotatable bonds is 5. The van der Waals surface area contributed by atoms with Crippen LogP contribution in [-0.2, 0) is 0 Å². The summed E-state index contributed by atoms with van der Waals surface area (Å²) in [6, 6.07) is 0.299. The zero-order valence-electron chi connectivity index (χ0n) is 11.3. The second-order valence-electron chi connectivity index (χ2n) is 4.77. The first-order valence-electron chi connectivity index (χ1n) is 6.54. The van der Waals surface area contributed by atoms with Gasteiger partial charge in [-0.3, -0.25) is 4.90 Å². The van der Waals surface area contributed by atoms with E-state index in [0.717, 1.165) is 37.1 Å². The maximum absolute atomic E-state index is 5.39. The van der Waals surface area contributed by atoms with Crippen molar-refractivity contribution in [3.63, 3.8) is 0 Å². The van der Waals surface area contributed by atoms with Crippen molar-refractivity contribution >= 4 is 11.8 Å². The van der Waals surface area contributed by atoms with Gasteiger partial charge in [0.1, 0.15) is 0 Å². The Morgan fingerprint density at radius 2 is 2.44 bits per heavy atom. The number of nitrogens with zero attached hydrogens (tertiary/aromatic N) is 3. The monoisotopic (exact) mass is 270 g/mol. The first-order chi connectivity index (χ1) is 8.72. The number of hydrogen-bond acceptors (Lipinski definition) is 6. The summed E-state index contributed by atoms with van der Waals surface area (Å²) in [5.41, 5.74) is 0. The van der Waals surface area contributed by atoms with E-state index in [0.29, 0.717) is 6.04 Å². The van der Waals surface area contributed by atoms with Crippen LogP contribution in [0.1, 0.15) is 37.5 Å². The molecule has 1 aromatic heterocycles. The van der Waals surface area contributed by atoms with Gasteiger partial charge in [0, 0.05) is 30.5 Å². The van der Waals surface area contributed by atoms with E-state index in [1.54, 1.807) is 0 Å². The zero-order valence-corrected chi connectivity index (χ0v) is 12.2. The number of likely N-dealkylation sites (N-methyl/N-ethyl adjacent to an activating group) is 1. The van der Waals surface area contributed by atoms with Gasteiger partial charge in [-0.05, 0) is 13.6 Å². The quantitative estimate of drug-likeness (QED) is 0.875. The fourth-order valence-electron chi connectivity index (χ4n) is 1.99. The van der Waals surface area contributed by atoms with Crippen LogP contribution >= 0.6 is 11.8 Å². The van der Waals surface area contributed by atoms with Crippen LogP contribution in [0.5, 0.6) is 0 Å². The van der Waals surface area contributed by atoms with Crippen molar-refractivity contribution in [3.8, 4) is 0 Å². The number of nitrogens with one attached hydrogen (secondary N) is 1. The molecule has 0 aromatic carbocycles. The summed E-state index contributed by atoms with van der Waals surface area (Å²) in [7, 11) is 2.13. The maximum Gasteiger partial charge on any atom is 0.230 e. The van der Waals surface area contributed by atoms with E-state index in [-0.39, 0.29) is 5.92 Å². The van der Waals surface area contributed by atoms with Crippen LogP contribution in [0.3, 0.4) is 0 Å². The fourth-order valence-corrected chi connectivity index (χ4v) is 3.20. The van der Waals surface area contributed by atoms with E-state index < -0.39 is 0 Å². The summed E-state index contributed by atoms with van der Waals surface area (Å²) >= 11 is 1.96. The molecule has 102 valence electrons. The zero-order chi connectivity index (χ0) is 13.0. The van der Waals surface area contributed by atoms with Crippen molar-refractivity contribution in [2.75, 3.05) is 38.2 Å². The largest absolute Gasteiger partial charge is 0.339 e.